The number of hydrogen-bond donors (Lipinski definition) is 4. The van der Waals surface area contributed by atoms with E-state index in [2.05, 4.69) is 10.3 Å². The minimum absolute atomic E-state index is 0. The van der Waals surface area contributed by atoms with Crippen molar-refractivity contribution >= 4 is 40.9 Å². The van der Waals surface area contributed by atoms with Crippen LogP contribution in [0.3, 0.4) is 0 Å². The molecule has 0 saturated heterocycles. The molecule has 7 heteroatoms. The molecule has 108 valence electrons. The van der Waals surface area contributed by atoms with Crippen molar-refractivity contribution < 1.29 is 4.79 Å². The number of nitrogens with zero attached hydrogens (tertiary/aromatic N) is 1. The van der Waals surface area contributed by atoms with Crippen molar-refractivity contribution in [3.63, 3.8) is 0 Å². The first kappa shape index (κ1) is 15.8. The van der Waals surface area contributed by atoms with E-state index in [-0.39, 0.29) is 24.3 Å². The fourth-order valence-corrected chi connectivity index (χ4v) is 1.73. The molecule has 1 heterocycles. The van der Waals surface area contributed by atoms with Crippen molar-refractivity contribution in [2.45, 2.75) is 6.92 Å². The monoisotopic (exact) mass is 295 g/mol. The van der Waals surface area contributed by atoms with Gasteiger partial charge in [-0.05, 0) is 25.1 Å². The molecule has 2 rings (SSSR count). The molecule has 20 heavy (non-hydrogen) atoms. The number of nitrogens with one attached hydrogen (secondary N) is 3. The summed E-state index contributed by atoms with van der Waals surface area (Å²) in [5.41, 5.74) is 7.65. The second-order valence-corrected chi connectivity index (χ2v) is 4.31. The molecule has 0 aliphatic heterocycles. The third kappa shape index (κ3) is 3.03. The summed E-state index contributed by atoms with van der Waals surface area (Å²) in [6.45, 7) is 2.56. The molecule has 0 aliphatic carbocycles. The average Bonchev–Trinajstić information content (AvgIpc) is 2.83. The van der Waals surface area contributed by atoms with E-state index in [0.717, 1.165) is 10.9 Å². The van der Waals surface area contributed by atoms with Gasteiger partial charge in [0.15, 0.2) is 5.96 Å². The van der Waals surface area contributed by atoms with Crippen molar-refractivity contribution in [2.75, 3.05) is 19.3 Å². The van der Waals surface area contributed by atoms with Gasteiger partial charge in [-0.1, -0.05) is 6.07 Å². The topological polar surface area (TPSA) is 98.0 Å². The number of aromatic amines is 1. The number of amides is 1. The summed E-state index contributed by atoms with van der Waals surface area (Å²) in [6.07, 6.45) is 0. The van der Waals surface area contributed by atoms with Crippen LogP contribution in [0.25, 0.3) is 10.9 Å². The number of H-pyrrole nitrogens is 1. The van der Waals surface area contributed by atoms with E-state index >= 15 is 0 Å². The van der Waals surface area contributed by atoms with Crippen LogP contribution in [0.15, 0.2) is 24.3 Å². The van der Waals surface area contributed by atoms with Crippen LogP contribution in [-0.4, -0.2) is 35.3 Å². The quantitative estimate of drug-likeness (QED) is 0.386. The molecule has 0 unspecified atom stereocenters. The van der Waals surface area contributed by atoms with Crippen molar-refractivity contribution in [1.82, 2.24) is 15.2 Å². The second kappa shape index (κ2) is 6.29. The summed E-state index contributed by atoms with van der Waals surface area (Å²) < 4.78 is 0. The molecule has 0 saturated carbocycles. The lowest BCUT2D eigenvalue weighted by molar-refractivity contribution is 0.0968. The van der Waals surface area contributed by atoms with E-state index in [1.807, 2.05) is 19.1 Å². The molecule has 2 aromatic rings. The Kier molecular flexibility index (Phi) is 4.99. The molecule has 5 N–H and O–H groups in total. The SMILES string of the molecule is CCN(C)C(=N)NC(=O)c1cc2c(N)cccc2[nH]1.Cl. The zero-order chi connectivity index (χ0) is 14.0. The minimum atomic E-state index is -0.346. The predicted octanol–water partition coefficient (Wildman–Crippen LogP) is 1.79. The van der Waals surface area contributed by atoms with Gasteiger partial charge < -0.3 is 15.6 Å². The van der Waals surface area contributed by atoms with Gasteiger partial charge in [0.25, 0.3) is 5.91 Å². The van der Waals surface area contributed by atoms with Gasteiger partial charge in [-0.25, -0.2) is 0 Å². The van der Waals surface area contributed by atoms with Gasteiger partial charge in [0.05, 0.1) is 0 Å². The van der Waals surface area contributed by atoms with E-state index in [9.17, 15) is 4.79 Å². The maximum atomic E-state index is 12.0. The molecule has 0 radical (unpaired) electrons. The van der Waals surface area contributed by atoms with E-state index in [4.69, 9.17) is 11.1 Å². The average molecular weight is 296 g/mol. The number of rotatable bonds is 2. The summed E-state index contributed by atoms with van der Waals surface area (Å²) in [5, 5.41) is 11.0. The van der Waals surface area contributed by atoms with Crippen molar-refractivity contribution in [3.05, 3.63) is 30.0 Å². The highest BCUT2D eigenvalue weighted by Crippen LogP contribution is 2.21. The highest BCUT2D eigenvalue weighted by Gasteiger charge is 2.13. The largest absolute Gasteiger partial charge is 0.398 e. The number of aromatic nitrogens is 1. The first-order valence-corrected chi connectivity index (χ1v) is 6.01. The molecular weight excluding hydrogens is 278 g/mol. The van der Waals surface area contributed by atoms with Crippen molar-refractivity contribution in [3.8, 4) is 0 Å². The fourth-order valence-electron chi connectivity index (χ4n) is 1.73. The van der Waals surface area contributed by atoms with Crippen LogP contribution in [-0.2, 0) is 0 Å². The number of carbonyl (C=O) groups is 1. The van der Waals surface area contributed by atoms with Crippen LogP contribution in [0, 0.1) is 5.41 Å². The Bertz CT molecular complexity index is 637. The molecular formula is C13H18ClN5O. The molecule has 0 fully saturated rings. The van der Waals surface area contributed by atoms with Crippen LogP contribution < -0.4 is 11.1 Å². The van der Waals surface area contributed by atoms with Crippen LogP contribution in [0.1, 0.15) is 17.4 Å². The first-order chi connectivity index (χ1) is 9.02. The van der Waals surface area contributed by atoms with E-state index in [1.165, 1.54) is 0 Å². The summed E-state index contributed by atoms with van der Waals surface area (Å²) in [6, 6.07) is 7.15. The molecule has 0 bridgehead atoms. The first-order valence-electron chi connectivity index (χ1n) is 6.01. The number of anilines is 1. The van der Waals surface area contributed by atoms with Gasteiger partial charge >= 0.3 is 0 Å². The normalized spacial score (nSPS) is 9.90. The molecule has 6 nitrogen and oxygen atoms in total. The van der Waals surface area contributed by atoms with E-state index < -0.39 is 0 Å². The number of benzene rings is 1. The Morgan fingerprint density at radius 1 is 1.50 bits per heavy atom. The van der Waals surface area contributed by atoms with E-state index in [1.54, 1.807) is 24.1 Å². The van der Waals surface area contributed by atoms with Crippen LogP contribution in [0.4, 0.5) is 5.69 Å². The van der Waals surface area contributed by atoms with Gasteiger partial charge in [-0.3, -0.25) is 15.5 Å². The fraction of sp³-hybridized carbons (Fsp3) is 0.231. The summed E-state index contributed by atoms with van der Waals surface area (Å²) >= 11 is 0. The smallest absolute Gasteiger partial charge is 0.274 e. The van der Waals surface area contributed by atoms with Gasteiger partial charge in [0.1, 0.15) is 5.69 Å². The Hall–Kier alpha value is -2.21. The number of fused-ring (bicyclic) bond motifs is 1. The number of nitrogen functional groups attached to an aromatic ring is 1. The second-order valence-electron chi connectivity index (χ2n) is 4.31. The number of nitrogens with two attached hydrogens (primary N) is 1. The Morgan fingerprint density at radius 3 is 2.80 bits per heavy atom. The summed E-state index contributed by atoms with van der Waals surface area (Å²) in [7, 11) is 1.74. The third-order valence-electron chi connectivity index (χ3n) is 3.03. The Labute approximate surface area is 123 Å². The van der Waals surface area contributed by atoms with Gasteiger partial charge in [-0.15, -0.1) is 12.4 Å². The van der Waals surface area contributed by atoms with Crippen molar-refractivity contribution in [2.24, 2.45) is 0 Å². The predicted molar refractivity (Wildman–Crippen MR) is 83.5 cm³/mol. The summed E-state index contributed by atoms with van der Waals surface area (Å²) in [5.74, 6) is -0.278. The van der Waals surface area contributed by atoms with Gasteiger partial charge in [-0.2, -0.15) is 0 Å². The van der Waals surface area contributed by atoms with Crippen molar-refractivity contribution in [1.29, 1.82) is 5.41 Å². The molecule has 0 spiro atoms. The molecule has 1 amide bonds. The number of guanidine groups is 1. The molecule has 1 aromatic heterocycles. The maximum absolute atomic E-state index is 12.0. The number of halogens is 1. The third-order valence-corrected chi connectivity index (χ3v) is 3.03. The molecule has 1 aromatic carbocycles. The lowest BCUT2D eigenvalue weighted by Gasteiger charge is -2.17. The highest BCUT2D eigenvalue weighted by atomic mass is 35.5. The van der Waals surface area contributed by atoms with Crippen LogP contribution in [0.5, 0.6) is 0 Å². The number of hydrogen-bond acceptors (Lipinski definition) is 3. The Morgan fingerprint density at radius 2 is 2.20 bits per heavy atom. The van der Waals surface area contributed by atoms with Gasteiger partial charge in [0, 0.05) is 30.2 Å². The molecule has 0 atom stereocenters. The lowest BCUT2D eigenvalue weighted by Crippen LogP contribution is -2.41. The highest BCUT2D eigenvalue weighted by molar-refractivity contribution is 6.07. The maximum Gasteiger partial charge on any atom is 0.274 e. The zero-order valence-electron chi connectivity index (χ0n) is 11.4. The minimum Gasteiger partial charge on any atom is -0.398 e. The zero-order valence-corrected chi connectivity index (χ0v) is 12.2. The van der Waals surface area contributed by atoms with Crippen LogP contribution >= 0.6 is 12.4 Å². The van der Waals surface area contributed by atoms with Crippen LogP contribution in [0.2, 0.25) is 0 Å². The van der Waals surface area contributed by atoms with Gasteiger partial charge in [0.2, 0.25) is 0 Å². The number of carbonyl (C=O) groups excluding carboxylic acids is 1. The standard InChI is InChI=1S/C13H17N5O.ClH/c1-3-18(2)13(15)17-12(19)11-7-8-9(14)5-4-6-10(8)16-11;/h4-7,16H,3,14H2,1-2H3,(H2,15,17,19);1H. The molecule has 0 aliphatic rings. The Balaban J connectivity index is 0.00000200. The lowest BCUT2D eigenvalue weighted by atomic mass is 10.2. The van der Waals surface area contributed by atoms with E-state index in [0.29, 0.717) is 17.9 Å². The summed E-state index contributed by atoms with van der Waals surface area (Å²) in [4.78, 5) is 16.6.